The minimum Gasteiger partial charge on any atom is -0.480 e. The van der Waals surface area contributed by atoms with Gasteiger partial charge < -0.3 is 29.4 Å². The van der Waals surface area contributed by atoms with E-state index in [9.17, 15) is 33.7 Å². The van der Waals surface area contributed by atoms with Gasteiger partial charge >= 0.3 is 25.8 Å². The topological polar surface area (TPSA) is 195 Å². The first-order valence-corrected chi connectivity index (χ1v) is 17.6. The zero-order chi connectivity index (χ0) is 37.0. The molecule has 3 aromatic carbocycles. The van der Waals surface area contributed by atoms with Crippen molar-refractivity contribution >= 4 is 31.7 Å². The molecule has 0 aliphatic rings. The van der Waals surface area contributed by atoms with Crippen LogP contribution in [0.3, 0.4) is 0 Å². The van der Waals surface area contributed by atoms with Crippen molar-refractivity contribution in [2.24, 2.45) is 13.0 Å². The van der Waals surface area contributed by atoms with Gasteiger partial charge in [0.2, 0.25) is 12.1 Å². The maximum Gasteiger partial charge on any atom is 0.409 e. The molecule has 4 atom stereocenters. The van der Waals surface area contributed by atoms with Crippen molar-refractivity contribution in [3.8, 4) is 11.1 Å². The third-order valence-electron chi connectivity index (χ3n) is 7.57. The maximum atomic E-state index is 13.4. The van der Waals surface area contributed by atoms with Crippen molar-refractivity contribution < 1.29 is 47.7 Å². The largest absolute Gasteiger partial charge is 0.480 e. The monoisotopic (exact) mass is 720 g/mol. The highest BCUT2D eigenvalue weighted by molar-refractivity contribution is 7.50. The molecule has 0 bridgehead atoms. The number of nitrogens with one attached hydrogen (secondary N) is 3. The van der Waals surface area contributed by atoms with Crippen molar-refractivity contribution in [2.75, 3.05) is 0 Å². The van der Waals surface area contributed by atoms with E-state index in [0.29, 0.717) is 16.7 Å². The van der Waals surface area contributed by atoms with Gasteiger partial charge in [0, 0.05) is 25.9 Å². The van der Waals surface area contributed by atoms with Crippen LogP contribution in [-0.2, 0) is 59.6 Å². The van der Waals surface area contributed by atoms with E-state index in [1.54, 1.807) is 86.6 Å². The number of carboxylic acid groups (broad SMARTS) is 1. The number of esters is 1. The fourth-order valence-corrected chi connectivity index (χ4v) is 6.12. The van der Waals surface area contributed by atoms with Crippen LogP contribution in [0.1, 0.15) is 30.5 Å². The number of aromatic nitrogens is 1. The van der Waals surface area contributed by atoms with Gasteiger partial charge in [-0.2, -0.15) is 0 Å². The highest BCUT2D eigenvalue weighted by Crippen LogP contribution is 2.40. The second kappa shape index (κ2) is 18.1. The first-order chi connectivity index (χ1) is 24.3. The Balaban J connectivity index is 1.43. The molecule has 0 aliphatic carbocycles. The van der Waals surface area contributed by atoms with Crippen molar-refractivity contribution in [2.45, 2.75) is 51.8 Å². The lowest BCUT2D eigenvalue weighted by molar-refractivity contribution is -0.155. The molecule has 5 N–H and O–H groups in total. The lowest BCUT2D eigenvalue weighted by Crippen LogP contribution is -2.52. The van der Waals surface area contributed by atoms with E-state index in [-0.39, 0.29) is 19.6 Å². The standard InChI is InChI=1S/C36H41N4O10P/c1-24(2)31(32(41)37-30(34(42)43)20-25-14-16-28(17-15-25)29-18-19-40(3)21-29)39-51(46,47)50-33(35(44)48-22-26-10-6-4-7-11-26)38-36(45)49-23-27-12-8-5-9-13-27/h4-19,21,24,30-31,33H,20,22-23H2,1-3H3,(H,37,41)(H,38,45)(H,42,43)(H2,39,46,47)/t30-,31-,33?/m0/s1. The van der Waals surface area contributed by atoms with Crippen LogP contribution < -0.4 is 15.7 Å². The number of carbonyl (C=O) groups is 4. The molecule has 1 aromatic heterocycles. The predicted molar refractivity (Wildman–Crippen MR) is 187 cm³/mol. The van der Waals surface area contributed by atoms with Crippen LogP contribution in [0, 0.1) is 5.92 Å². The zero-order valence-corrected chi connectivity index (χ0v) is 29.2. The number of aryl methyl sites for hydroxylation is 1. The van der Waals surface area contributed by atoms with Gasteiger partial charge in [-0.15, -0.1) is 0 Å². The Bertz CT molecular complexity index is 1820. The van der Waals surface area contributed by atoms with Crippen LogP contribution in [0.15, 0.2) is 103 Å². The van der Waals surface area contributed by atoms with Gasteiger partial charge in [-0.1, -0.05) is 98.8 Å². The van der Waals surface area contributed by atoms with Gasteiger partial charge in [-0.25, -0.2) is 24.0 Å². The summed E-state index contributed by atoms with van der Waals surface area (Å²) in [5.41, 5.74) is 3.78. The molecule has 14 nitrogen and oxygen atoms in total. The number of hydrogen-bond acceptors (Lipinski definition) is 8. The van der Waals surface area contributed by atoms with Crippen molar-refractivity contribution in [3.05, 3.63) is 120 Å². The first-order valence-electron chi connectivity index (χ1n) is 16.0. The second-order valence-corrected chi connectivity index (χ2v) is 13.5. The van der Waals surface area contributed by atoms with Crippen LogP contribution in [0.5, 0.6) is 0 Å². The molecular weight excluding hydrogens is 679 g/mol. The Hall–Kier alpha value is -5.27. The van der Waals surface area contributed by atoms with Crippen LogP contribution in [0.25, 0.3) is 11.1 Å². The van der Waals surface area contributed by atoms with Crippen LogP contribution >= 0.6 is 7.75 Å². The van der Waals surface area contributed by atoms with Gasteiger partial charge in [0.05, 0.1) is 6.04 Å². The number of amides is 2. The number of nitrogens with zero attached hydrogens (tertiary/aromatic N) is 1. The molecular formula is C36H41N4O10P. The number of carboxylic acids is 1. The summed E-state index contributed by atoms with van der Waals surface area (Å²) in [5.74, 6) is -4.11. The van der Waals surface area contributed by atoms with Gasteiger partial charge in [0.1, 0.15) is 19.3 Å². The number of rotatable bonds is 17. The summed E-state index contributed by atoms with van der Waals surface area (Å²) in [6.45, 7) is 2.69. The molecule has 0 fully saturated rings. The molecule has 4 aromatic rings. The Morgan fingerprint density at radius 1 is 0.784 bits per heavy atom. The summed E-state index contributed by atoms with van der Waals surface area (Å²) in [6.07, 6.45) is 0.492. The lowest BCUT2D eigenvalue weighted by Gasteiger charge is -2.27. The van der Waals surface area contributed by atoms with Crippen molar-refractivity contribution in [1.29, 1.82) is 0 Å². The van der Waals surface area contributed by atoms with E-state index in [1.807, 2.05) is 42.2 Å². The molecule has 1 heterocycles. The Morgan fingerprint density at radius 2 is 1.37 bits per heavy atom. The first kappa shape index (κ1) is 38.5. The molecule has 0 aliphatic heterocycles. The van der Waals surface area contributed by atoms with Gasteiger partial charge in [-0.05, 0) is 39.8 Å². The summed E-state index contributed by atoms with van der Waals surface area (Å²) in [4.78, 5) is 62.0. The van der Waals surface area contributed by atoms with E-state index < -0.39 is 55.9 Å². The normalized spacial score (nSPS) is 14.1. The third kappa shape index (κ3) is 12.2. The molecule has 51 heavy (non-hydrogen) atoms. The van der Waals surface area contributed by atoms with E-state index in [4.69, 9.17) is 14.0 Å². The summed E-state index contributed by atoms with van der Waals surface area (Å²) in [5, 5.41) is 16.6. The molecule has 4 rings (SSSR count). The van der Waals surface area contributed by atoms with Crippen molar-refractivity contribution in [3.63, 3.8) is 0 Å². The van der Waals surface area contributed by atoms with E-state index in [1.165, 1.54) is 0 Å². The van der Waals surface area contributed by atoms with E-state index in [2.05, 4.69) is 15.7 Å². The average molecular weight is 721 g/mol. The molecule has 0 radical (unpaired) electrons. The Labute approximate surface area is 295 Å². The summed E-state index contributed by atoms with van der Waals surface area (Å²) < 4.78 is 30.8. The predicted octanol–water partition coefficient (Wildman–Crippen LogP) is 4.53. The highest BCUT2D eigenvalue weighted by Gasteiger charge is 2.38. The second-order valence-electron chi connectivity index (χ2n) is 12.0. The fourth-order valence-electron chi connectivity index (χ4n) is 4.87. The minimum atomic E-state index is -5.09. The number of hydrogen-bond donors (Lipinski definition) is 5. The SMILES string of the molecule is CC(C)[C@H](NP(=O)(O)OC(NC(=O)OCc1ccccc1)C(=O)OCc1ccccc1)C(=O)N[C@@H](Cc1ccc(-c2ccn(C)c2)cc1)C(=O)O. The zero-order valence-electron chi connectivity index (χ0n) is 28.3. The van der Waals surface area contributed by atoms with E-state index in [0.717, 1.165) is 11.1 Å². The molecule has 0 saturated heterocycles. The smallest absolute Gasteiger partial charge is 0.409 e. The van der Waals surface area contributed by atoms with Crippen LogP contribution in [0.2, 0.25) is 0 Å². The number of benzene rings is 3. The van der Waals surface area contributed by atoms with E-state index >= 15 is 0 Å². The van der Waals surface area contributed by atoms with Gasteiger partial charge in [0.25, 0.3) is 0 Å². The average Bonchev–Trinajstić information content (AvgIpc) is 3.55. The molecule has 15 heteroatoms. The Morgan fingerprint density at radius 3 is 1.90 bits per heavy atom. The number of alkyl carbamates (subject to hydrolysis) is 1. The highest BCUT2D eigenvalue weighted by atomic mass is 31.2. The Kier molecular flexibility index (Phi) is 13.7. The van der Waals surface area contributed by atoms with Crippen molar-refractivity contribution in [1.82, 2.24) is 20.3 Å². The fraction of sp³-hybridized carbons (Fsp3) is 0.278. The number of aliphatic carboxylic acids is 1. The van der Waals surface area contributed by atoms with Gasteiger partial charge in [0.15, 0.2) is 0 Å². The van der Waals surface area contributed by atoms with Crippen LogP contribution in [-0.4, -0.2) is 56.8 Å². The quantitative estimate of drug-likeness (QED) is 0.0584. The summed E-state index contributed by atoms with van der Waals surface area (Å²) >= 11 is 0. The maximum absolute atomic E-state index is 13.4. The molecule has 2 unspecified atom stereocenters. The minimum absolute atomic E-state index is 0.0708. The number of ether oxygens (including phenoxy) is 2. The molecule has 0 spiro atoms. The summed E-state index contributed by atoms with van der Waals surface area (Å²) in [6, 6.07) is 23.5. The van der Waals surface area contributed by atoms with Gasteiger partial charge in [-0.3, -0.25) is 14.6 Å². The lowest BCUT2D eigenvalue weighted by atomic mass is 10.0. The molecule has 0 saturated carbocycles. The summed E-state index contributed by atoms with van der Waals surface area (Å²) in [7, 11) is -3.19. The third-order valence-corrected chi connectivity index (χ3v) is 8.67. The molecule has 270 valence electrons. The number of carbonyl (C=O) groups excluding carboxylic acids is 3. The molecule has 2 amide bonds. The van der Waals surface area contributed by atoms with Crippen LogP contribution in [0.4, 0.5) is 4.79 Å².